The van der Waals surface area contributed by atoms with Crippen LogP contribution in [-0.2, 0) is 21.0 Å². The molecule has 164 valence electrons. The van der Waals surface area contributed by atoms with Crippen molar-refractivity contribution >= 4 is 32.4 Å². The van der Waals surface area contributed by atoms with Crippen LogP contribution in [0.25, 0.3) is 0 Å². The number of alkyl halides is 3. The number of carbonyl (C=O) groups excluding carboxylic acids is 1. The third kappa shape index (κ3) is 4.81. The number of nitrogens with zero attached hydrogens (tertiary/aromatic N) is 3. The number of aromatic nitrogens is 2. The lowest BCUT2D eigenvalue weighted by Gasteiger charge is -2.31. The van der Waals surface area contributed by atoms with Gasteiger partial charge in [-0.15, -0.1) is 10.2 Å². The van der Waals surface area contributed by atoms with Crippen LogP contribution in [-0.4, -0.2) is 41.9 Å². The van der Waals surface area contributed by atoms with E-state index < -0.39 is 32.6 Å². The maximum absolute atomic E-state index is 13.2. The first kappa shape index (κ1) is 22.6. The van der Waals surface area contributed by atoms with Crippen LogP contribution in [0.2, 0.25) is 0 Å². The summed E-state index contributed by atoms with van der Waals surface area (Å²) >= 11 is 1.27. The van der Waals surface area contributed by atoms with E-state index in [9.17, 15) is 26.4 Å². The smallest absolute Gasteiger partial charge is 0.300 e. The number of carbonyl (C=O) groups is 1. The van der Waals surface area contributed by atoms with Crippen molar-refractivity contribution in [1.82, 2.24) is 14.5 Å². The van der Waals surface area contributed by atoms with Gasteiger partial charge in [0.25, 0.3) is 0 Å². The van der Waals surface area contributed by atoms with Crippen LogP contribution in [0.1, 0.15) is 43.2 Å². The molecule has 7 nitrogen and oxygen atoms in total. The number of rotatable bonds is 5. The van der Waals surface area contributed by atoms with Crippen molar-refractivity contribution < 1.29 is 26.4 Å². The molecule has 0 unspecified atom stereocenters. The fourth-order valence-corrected chi connectivity index (χ4v) is 5.58. The maximum atomic E-state index is 13.2. The Labute approximate surface area is 176 Å². The van der Waals surface area contributed by atoms with Gasteiger partial charge in [0.1, 0.15) is 5.01 Å². The first-order valence-corrected chi connectivity index (χ1v) is 11.6. The molecule has 0 saturated carbocycles. The minimum absolute atomic E-state index is 0.0417. The first-order chi connectivity index (χ1) is 14.0. The lowest BCUT2D eigenvalue weighted by Crippen LogP contribution is -2.41. The van der Waals surface area contributed by atoms with Gasteiger partial charge in [0.2, 0.25) is 21.1 Å². The van der Waals surface area contributed by atoms with E-state index in [0.29, 0.717) is 5.13 Å². The second-order valence-electron chi connectivity index (χ2n) is 7.26. The molecule has 1 aliphatic rings. The summed E-state index contributed by atoms with van der Waals surface area (Å²) in [5, 5.41) is 11.8. The molecule has 0 spiro atoms. The van der Waals surface area contributed by atoms with E-state index in [0.717, 1.165) is 27.5 Å². The van der Waals surface area contributed by atoms with Crippen LogP contribution in [0.15, 0.2) is 29.2 Å². The van der Waals surface area contributed by atoms with Gasteiger partial charge in [-0.25, -0.2) is 8.42 Å². The molecule has 1 saturated heterocycles. The van der Waals surface area contributed by atoms with E-state index in [2.05, 4.69) is 15.5 Å². The summed E-state index contributed by atoms with van der Waals surface area (Å²) in [6.45, 7) is 3.83. The van der Waals surface area contributed by atoms with Gasteiger partial charge in [0.05, 0.1) is 10.5 Å². The molecule has 0 bridgehead atoms. The number of anilines is 1. The van der Waals surface area contributed by atoms with Crippen LogP contribution in [0.3, 0.4) is 0 Å². The third-order valence-electron chi connectivity index (χ3n) is 4.80. The Kier molecular flexibility index (Phi) is 6.48. The molecule has 12 heteroatoms. The molecule has 1 aromatic heterocycles. The van der Waals surface area contributed by atoms with E-state index in [4.69, 9.17) is 0 Å². The zero-order valence-corrected chi connectivity index (χ0v) is 17.9. The van der Waals surface area contributed by atoms with E-state index in [1.807, 2.05) is 13.8 Å². The summed E-state index contributed by atoms with van der Waals surface area (Å²) in [5.74, 6) is -0.573. The number of sulfonamides is 1. The predicted octanol–water partition coefficient (Wildman–Crippen LogP) is 3.72. The van der Waals surface area contributed by atoms with Crippen molar-refractivity contribution in [3.63, 3.8) is 0 Å². The standard InChI is InChI=1S/C18H21F3N4O3S2/c1-11(2)16-23-24-17(29-16)22-15(26)12-7-9-25(10-8-12)30(27,28)14-6-4-3-5-13(14)18(19,20)21/h3-6,11-12H,7-10H2,1-2H3,(H,22,24,26). The van der Waals surface area contributed by atoms with Gasteiger partial charge in [-0.3, -0.25) is 4.79 Å². The molecule has 0 radical (unpaired) electrons. The minimum atomic E-state index is -4.78. The molecule has 1 aliphatic heterocycles. The summed E-state index contributed by atoms with van der Waals surface area (Å²) in [6, 6.07) is 4.12. The number of hydrogen-bond acceptors (Lipinski definition) is 6. The Morgan fingerprint density at radius 2 is 1.83 bits per heavy atom. The number of amides is 1. The molecule has 1 N–H and O–H groups in total. The summed E-state index contributed by atoms with van der Waals surface area (Å²) in [6.07, 6.45) is -4.37. The predicted molar refractivity (Wildman–Crippen MR) is 106 cm³/mol. The van der Waals surface area contributed by atoms with Crippen LogP contribution in [0.5, 0.6) is 0 Å². The maximum Gasteiger partial charge on any atom is 0.417 e. The molecule has 1 fully saturated rings. The highest BCUT2D eigenvalue weighted by molar-refractivity contribution is 7.89. The van der Waals surface area contributed by atoms with E-state index in [1.54, 1.807) is 0 Å². The fraction of sp³-hybridized carbons (Fsp3) is 0.500. The highest BCUT2D eigenvalue weighted by Gasteiger charge is 2.40. The summed E-state index contributed by atoms with van der Waals surface area (Å²) in [4.78, 5) is 11.7. The van der Waals surface area contributed by atoms with E-state index >= 15 is 0 Å². The molecule has 2 heterocycles. The highest BCUT2D eigenvalue weighted by atomic mass is 32.2. The van der Waals surface area contributed by atoms with Gasteiger partial charge in [0, 0.05) is 24.9 Å². The Bertz CT molecular complexity index is 1010. The lowest BCUT2D eigenvalue weighted by atomic mass is 9.97. The second kappa shape index (κ2) is 8.60. The molecule has 0 atom stereocenters. The average molecular weight is 463 g/mol. The normalized spacial score (nSPS) is 16.7. The van der Waals surface area contributed by atoms with Gasteiger partial charge >= 0.3 is 6.18 Å². The number of piperidine rings is 1. The lowest BCUT2D eigenvalue weighted by molar-refractivity contribution is -0.139. The molecule has 3 rings (SSSR count). The number of halogens is 3. The SMILES string of the molecule is CC(C)c1nnc(NC(=O)C2CCN(S(=O)(=O)c3ccccc3C(F)(F)F)CC2)s1. The Balaban J connectivity index is 1.67. The minimum Gasteiger partial charge on any atom is -0.300 e. The fourth-order valence-electron chi connectivity index (χ4n) is 3.15. The van der Waals surface area contributed by atoms with Crippen molar-refractivity contribution in [3.8, 4) is 0 Å². The Morgan fingerprint density at radius 1 is 1.20 bits per heavy atom. The molecule has 1 aromatic carbocycles. The molecular weight excluding hydrogens is 441 g/mol. The van der Waals surface area contributed by atoms with Crippen LogP contribution in [0, 0.1) is 5.92 Å². The van der Waals surface area contributed by atoms with Crippen LogP contribution >= 0.6 is 11.3 Å². The van der Waals surface area contributed by atoms with Crippen molar-refractivity contribution in [1.29, 1.82) is 0 Å². The Hall–Kier alpha value is -2.05. The first-order valence-electron chi connectivity index (χ1n) is 9.30. The second-order valence-corrected chi connectivity index (χ2v) is 10.2. The molecule has 1 amide bonds. The van der Waals surface area contributed by atoms with Crippen molar-refractivity contribution in [2.24, 2.45) is 5.92 Å². The zero-order valence-electron chi connectivity index (χ0n) is 16.3. The van der Waals surface area contributed by atoms with Gasteiger partial charge < -0.3 is 5.32 Å². The molecule has 30 heavy (non-hydrogen) atoms. The van der Waals surface area contributed by atoms with E-state index in [1.165, 1.54) is 17.4 Å². The van der Waals surface area contributed by atoms with E-state index in [-0.39, 0.29) is 37.8 Å². The summed E-state index contributed by atoms with van der Waals surface area (Å²) < 4.78 is 66.3. The number of nitrogens with one attached hydrogen (secondary N) is 1. The third-order valence-corrected chi connectivity index (χ3v) is 7.90. The monoisotopic (exact) mass is 462 g/mol. The average Bonchev–Trinajstić information content (AvgIpc) is 3.16. The molecule has 0 aliphatic carbocycles. The highest BCUT2D eigenvalue weighted by Crippen LogP contribution is 2.36. The topological polar surface area (TPSA) is 92.3 Å². The van der Waals surface area contributed by atoms with Crippen LogP contribution < -0.4 is 5.32 Å². The van der Waals surface area contributed by atoms with Crippen LogP contribution in [0.4, 0.5) is 18.3 Å². The van der Waals surface area contributed by atoms with Crippen molar-refractivity contribution in [3.05, 3.63) is 34.8 Å². The number of benzene rings is 1. The summed E-state index contributed by atoms with van der Waals surface area (Å²) in [7, 11) is -4.33. The summed E-state index contributed by atoms with van der Waals surface area (Å²) in [5.41, 5.74) is -1.19. The van der Waals surface area contributed by atoms with Gasteiger partial charge in [0.15, 0.2) is 0 Å². The van der Waals surface area contributed by atoms with Crippen molar-refractivity contribution in [2.45, 2.75) is 43.7 Å². The Morgan fingerprint density at radius 3 is 2.40 bits per heavy atom. The van der Waals surface area contributed by atoms with Gasteiger partial charge in [-0.05, 0) is 25.0 Å². The van der Waals surface area contributed by atoms with Crippen molar-refractivity contribution in [2.75, 3.05) is 18.4 Å². The largest absolute Gasteiger partial charge is 0.417 e. The molecular formula is C18H21F3N4O3S2. The quantitative estimate of drug-likeness (QED) is 0.731. The number of hydrogen-bond donors (Lipinski definition) is 1. The van der Waals surface area contributed by atoms with Gasteiger partial charge in [-0.2, -0.15) is 17.5 Å². The van der Waals surface area contributed by atoms with Gasteiger partial charge in [-0.1, -0.05) is 37.3 Å². The molecule has 2 aromatic rings. The zero-order chi connectivity index (χ0) is 22.1.